The van der Waals surface area contributed by atoms with Gasteiger partial charge in [0.05, 0.1) is 5.54 Å². The lowest BCUT2D eigenvalue weighted by Crippen LogP contribution is -2.63. The van der Waals surface area contributed by atoms with Crippen LogP contribution in [0.2, 0.25) is 0 Å². The molecule has 0 aliphatic carbocycles. The predicted octanol–water partition coefficient (Wildman–Crippen LogP) is 1.06. The standard InChI is InChI=1S/C11H16N2/c1-8-3-4-10(9(2)5-8)11(12)6-13-7-11/h3-5,13H,6-7,12H2,1-2H3. The summed E-state index contributed by atoms with van der Waals surface area (Å²) in [7, 11) is 0. The van der Waals surface area contributed by atoms with Gasteiger partial charge >= 0.3 is 0 Å². The molecule has 3 N–H and O–H groups in total. The summed E-state index contributed by atoms with van der Waals surface area (Å²) in [6, 6.07) is 6.49. The van der Waals surface area contributed by atoms with Gasteiger partial charge in [-0.1, -0.05) is 23.8 Å². The number of nitrogens with one attached hydrogen (secondary N) is 1. The van der Waals surface area contributed by atoms with E-state index >= 15 is 0 Å². The molecule has 1 fully saturated rings. The minimum atomic E-state index is -0.113. The molecule has 1 aromatic rings. The average molecular weight is 176 g/mol. The van der Waals surface area contributed by atoms with Crippen molar-refractivity contribution >= 4 is 0 Å². The molecular formula is C11H16N2. The van der Waals surface area contributed by atoms with E-state index in [2.05, 4.69) is 37.4 Å². The number of hydrogen-bond acceptors (Lipinski definition) is 2. The highest BCUT2D eigenvalue weighted by Crippen LogP contribution is 2.25. The summed E-state index contributed by atoms with van der Waals surface area (Å²) >= 11 is 0. The quantitative estimate of drug-likeness (QED) is 0.671. The van der Waals surface area contributed by atoms with Crippen LogP contribution in [0.15, 0.2) is 18.2 Å². The Hall–Kier alpha value is -0.860. The van der Waals surface area contributed by atoms with Crippen molar-refractivity contribution in [3.8, 4) is 0 Å². The van der Waals surface area contributed by atoms with Crippen molar-refractivity contribution in [1.82, 2.24) is 5.32 Å². The van der Waals surface area contributed by atoms with Gasteiger partial charge in [-0.2, -0.15) is 0 Å². The van der Waals surface area contributed by atoms with Crippen LogP contribution in [0.5, 0.6) is 0 Å². The minimum absolute atomic E-state index is 0.113. The molecule has 0 aromatic heterocycles. The van der Waals surface area contributed by atoms with E-state index in [1.165, 1.54) is 16.7 Å². The zero-order chi connectivity index (χ0) is 9.47. The van der Waals surface area contributed by atoms with E-state index in [4.69, 9.17) is 5.73 Å². The molecule has 0 spiro atoms. The van der Waals surface area contributed by atoms with Crippen LogP contribution in [-0.4, -0.2) is 13.1 Å². The normalized spacial score (nSPS) is 19.6. The first-order chi connectivity index (χ1) is 6.12. The molecule has 1 aromatic carbocycles. The molecule has 0 unspecified atom stereocenters. The summed E-state index contributed by atoms with van der Waals surface area (Å²) in [4.78, 5) is 0. The van der Waals surface area contributed by atoms with Crippen LogP contribution < -0.4 is 11.1 Å². The van der Waals surface area contributed by atoms with Crippen LogP contribution in [-0.2, 0) is 5.54 Å². The number of aryl methyl sites for hydroxylation is 2. The van der Waals surface area contributed by atoms with E-state index in [9.17, 15) is 0 Å². The summed E-state index contributed by atoms with van der Waals surface area (Å²) < 4.78 is 0. The fourth-order valence-corrected chi connectivity index (χ4v) is 1.96. The van der Waals surface area contributed by atoms with Gasteiger partial charge in [-0.25, -0.2) is 0 Å². The van der Waals surface area contributed by atoms with Crippen LogP contribution in [0.1, 0.15) is 16.7 Å². The Morgan fingerprint density at radius 3 is 2.46 bits per heavy atom. The van der Waals surface area contributed by atoms with Gasteiger partial charge in [0.15, 0.2) is 0 Å². The van der Waals surface area contributed by atoms with E-state index in [1.54, 1.807) is 0 Å². The van der Waals surface area contributed by atoms with Crippen LogP contribution in [0.3, 0.4) is 0 Å². The molecule has 0 radical (unpaired) electrons. The fourth-order valence-electron chi connectivity index (χ4n) is 1.96. The highest BCUT2D eigenvalue weighted by Gasteiger charge is 2.35. The van der Waals surface area contributed by atoms with E-state index < -0.39 is 0 Å². The first-order valence-corrected chi connectivity index (χ1v) is 4.69. The van der Waals surface area contributed by atoms with Crippen molar-refractivity contribution in [1.29, 1.82) is 0 Å². The highest BCUT2D eigenvalue weighted by atomic mass is 15.1. The maximum atomic E-state index is 6.21. The number of nitrogens with two attached hydrogens (primary N) is 1. The molecule has 1 aliphatic heterocycles. The molecule has 0 atom stereocenters. The van der Waals surface area contributed by atoms with Gasteiger partial charge in [0.25, 0.3) is 0 Å². The molecule has 2 nitrogen and oxygen atoms in total. The average Bonchev–Trinajstić information content (AvgIpc) is 2.00. The summed E-state index contributed by atoms with van der Waals surface area (Å²) in [5.41, 5.74) is 10.0. The maximum absolute atomic E-state index is 6.21. The van der Waals surface area contributed by atoms with Gasteiger partial charge in [0.1, 0.15) is 0 Å². The third-order valence-corrected chi connectivity index (χ3v) is 2.80. The zero-order valence-electron chi connectivity index (χ0n) is 8.22. The molecule has 1 heterocycles. The summed E-state index contributed by atoms with van der Waals surface area (Å²) in [6.45, 7) is 6.04. The van der Waals surface area contributed by atoms with Crippen molar-refractivity contribution < 1.29 is 0 Å². The molecule has 1 aliphatic rings. The molecule has 2 heteroatoms. The first kappa shape index (κ1) is 8.73. The second-order valence-corrected chi connectivity index (χ2v) is 4.08. The zero-order valence-corrected chi connectivity index (χ0v) is 8.22. The maximum Gasteiger partial charge on any atom is 0.0664 e. The first-order valence-electron chi connectivity index (χ1n) is 4.69. The predicted molar refractivity (Wildman–Crippen MR) is 54.7 cm³/mol. The van der Waals surface area contributed by atoms with E-state index in [-0.39, 0.29) is 5.54 Å². The van der Waals surface area contributed by atoms with Gasteiger partial charge in [-0.05, 0) is 25.0 Å². The SMILES string of the molecule is Cc1ccc(C2(N)CNC2)c(C)c1. The minimum Gasteiger partial charge on any atom is -0.319 e. The fraction of sp³-hybridized carbons (Fsp3) is 0.455. The van der Waals surface area contributed by atoms with Crippen LogP contribution in [0.25, 0.3) is 0 Å². The Morgan fingerprint density at radius 1 is 1.31 bits per heavy atom. The van der Waals surface area contributed by atoms with Crippen molar-refractivity contribution in [2.45, 2.75) is 19.4 Å². The highest BCUT2D eigenvalue weighted by molar-refractivity contribution is 5.37. The summed E-state index contributed by atoms with van der Waals surface area (Å²) in [5.74, 6) is 0. The molecule has 13 heavy (non-hydrogen) atoms. The van der Waals surface area contributed by atoms with Gasteiger partial charge in [0.2, 0.25) is 0 Å². The van der Waals surface area contributed by atoms with Crippen LogP contribution >= 0.6 is 0 Å². The molecule has 2 rings (SSSR count). The van der Waals surface area contributed by atoms with Gasteiger partial charge in [-0.15, -0.1) is 0 Å². The number of hydrogen-bond donors (Lipinski definition) is 2. The number of rotatable bonds is 1. The summed E-state index contributed by atoms with van der Waals surface area (Å²) in [6.07, 6.45) is 0. The van der Waals surface area contributed by atoms with Crippen LogP contribution in [0.4, 0.5) is 0 Å². The topological polar surface area (TPSA) is 38.0 Å². The van der Waals surface area contributed by atoms with Crippen LogP contribution in [0, 0.1) is 13.8 Å². The van der Waals surface area contributed by atoms with Gasteiger partial charge in [0, 0.05) is 13.1 Å². The van der Waals surface area contributed by atoms with E-state index in [1.807, 2.05) is 0 Å². The third kappa shape index (κ3) is 1.36. The van der Waals surface area contributed by atoms with Crippen molar-refractivity contribution in [2.24, 2.45) is 5.73 Å². The monoisotopic (exact) mass is 176 g/mol. The number of benzene rings is 1. The molecule has 1 saturated heterocycles. The Morgan fingerprint density at radius 2 is 2.00 bits per heavy atom. The van der Waals surface area contributed by atoms with Gasteiger partial charge in [-0.3, -0.25) is 0 Å². The van der Waals surface area contributed by atoms with Crippen molar-refractivity contribution in [2.75, 3.05) is 13.1 Å². The lowest BCUT2D eigenvalue weighted by Gasteiger charge is -2.40. The molecule has 0 saturated carbocycles. The molecule has 70 valence electrons. The van der Waals surface area contributed by atoms with E-state index in [0.717, 1.165) is 13.1 Å². The Kier molecular flexibility index (Phi) is 1.90. The second kappa shape index (κ2) is 2.82. The lowest BCUT2D eigenvalue weighted by atomic mass is 9.82. The van der Waals surface area contributed by atoms with Gasteiger partial charge < -0.3 is 11.1 Å². The molecular weight excluding hydrogens is 160 g/mol. The Balaban J connectivity index is 2.40. The largest absolute Gasteiger partial charge is 0.319 e. The summed E-state index contributed by atoms with van der Waals surface area (Å²) in [5, 5.41) is 3.22. The lowest BCUT2D eigenvalue weighted by molar-refractivity contribution is 0.286. The molecule has 0 bridgehead atoms. The smallest absolute Gasteiger partial charge is 0.0664 e. The second-order valence-electron chi connectivity index (χ2n) is 4.08. The Labute approximate surface area is 79.1 Å². The van der Waals surface area contributed by atoms with Crippen molar-refractivity contribution in [3.05, 3.63) is 34.9 Å². The van der Waals surface area contributed by atoms with Crippen molar-refractivity contribution in [3.63, 3.8) is 0 Å². The Bertz CT molecular complexity index is 327. The third-order valence-electron chi connectivity index (χ3n) is 2.80. The van der Waals surface area contributed by atoms with E-state index in [0.29, 0.717) is 0 Å². The molecule has 0 amide bonds.